The van der Waals surface area contributed by atoms with Gasteiger partial charge in [0.1, 0.15) is 6.54 Å². The molecular weight excluding hydrogens is 206 g/mol. The van der Waals surface area contributed by atoms with Gasteiger partial charge in [0.2, 0.25) is 0 Å². The van der Waals surface area contributed by atoms with Crippen molar-refractivity contribution >= 4 is 5.97 Å². The predicted molar refractivity (Wildman–Crippen MR) is 60.8 cm³/mol. The molecule has 1 atom stereocenters. The van der Waals surface area contributed by atoms with E-state index in [0.29, 0.717) is 0 Å². The predicted octanol–water partition coefficient (Wildman–Crippen LogP) is 2.09. The lowest BCUT2D eigenvalue weighted by molar-refractivity contribution is -0.180. The van der Waals surface area contributed by atoms with Gasteiger partial charge in [-0.05, 0) is 12.0 Å². The zero-order valence-corrected chi connectivity index (χ0v) is 9.59. The highest BCUT2D eigenvalue weighted by Gasteiger charge is 2.20. The van der Waals surface area contributed by atoms with Crippen molar-refractivity contribution in [2.75, 3.05) is 13.7 Å². The third-order valence-electron chi connectivity index (χ3n) is 2.44. The second kappa shape index (κ2) is 6.25. The Labute approximate surface area is 95.4 Å². The fourth-order valence-electron chi connectivity index (χ4n) is 1.72. The van der Waals surface area contributed by atoms with Crippen LogP contribution in [0.1, 0.15) is 24.9 Å². The number of carboxylic acid groups (broad SMARTS) is 1. The van der Waals surface area contributed by atoms with Crippen LogP contribution >= 0.6 is 0 Å². The molecule has 0 bridgehead atoms. The summed E-state index contributed by atoms with van der Waals surface area (Å²) >= 11 is 0. The number of rotatable bonds is 6. The molecule has 1 aromatic carbocycles. The number of carbonyl (C=O) groups is 1. The lowest BCUT2D eigenvalue weighted by atomic mass is 10.0. The van der Waals surface area contributed by atoms with Crippen LogP contribution < -0.4 is 0 Å². The molecule has 1 aromatic rings. The Morgan fingerprint density at radius 1 is 1.44 bits per heavy atom. The van der Waals surface area contributed by atoms with Crippen molar-refractivity contribution in [3.8, 4) is 0 Å². The minimum Gasteiger partial charge on any atom is -0.480 e. The summed E-state index contributed by atoms with van der Waals surface area (Å²) in [6.07, 6.45) is 0.797. The van der Waals surface area contributed by atoms with E-state index in [9.17, 15) is 4.79 Å². The van der Waals surface area contributed by atoms with Gasteiger partial charge in [0.15, 0.2) is 0 Å². The molecule has 0 spiro atoms. The Balaban J connectivity index is 2.83. The van der Waals surface area contributed by atoms with Crippen LogP contribution in [-0.4, -0.2) is 29.8 Å². The Kier molecular flexibility index (Phi) is 4.95. The van der Waals surface area contributed by atoms with Gasteiger partial charge in [-0.3, -0.25) is 4.79 Å². The van der Waals surface area contributed by atoms with Crippen molar-refractivity contribution < 1.29 is 14.7 Å². The molecule has 0 fully saturated rings. The van der Waals surface area contributed by atoms with Gasteiger partial charge >= 0.3 is 5.97 Å². The highest BCUT2D eigenvalue weighted by molar-refractivity contribution is 5.68. The summed E-state index contributed by atoms with van der Waals surface area (Å²) in [7, 11) is 1.49. The van der Waals surface area contributed by atoms with Crippen LogP contribution in [0.3, 0.4) is 0 Å². The molecule has 16 heavy (non-hydrogen) atoms. The summed E-state index contributed by atoms with van der Waals surface area (Å²) < 4.78 is 0. The lowest BCUT2D eigenvalue weighted by Gasteiger charge is -2.27. The summed E-state index contributed by atoms with van der Waals surface area (Å²) in [4.78, 5) is 15.8. The average Bonchev–Trinajstić information content (AvgIpc) is 2.29. The van der Waals surface area contributed by atoms with Gasteiger partial charge in [0, 0.05) is 0 Å². The van der Waals surface area contributed by atoms with Gasteiger partial charge < -0.3 is 9.94 Å². The number of hydroxylamine groups is 2. The maximum absolute atomic E-state index is 10.7. The first-order chi connectivity index (χ1) is 7.69. The first-order valence-electron chi connectivity index (χ1n) is 5.26. The van der Waals surface area contributed by atoms with Gasteiger partial charge in [-0.1, -0.05) is 37.3 Å². The topological polar surface area (TPSA) is 49.8 Å². The van der Waals surface area contributed by atoms with E-state index >= 15 is 0 Å². The third kappa shape index (κ3) is 3.32. The zero-order chi connectivity index (χ0) is 12.0. The summed E-state index contributed by atoms with van der Waals surface area (Å²) in [5, 5.41) is 10.3. The molecule has 0 heterocycles. The number of hydrogen-bond acceptors (Lipinski definition) is 3. The van der Waals surface area contributed by atoms with E-state index in [1.807, 2.05) is 37.3 Å². The van der Waals surface area contributed by atoms with E-state index in [0.717, 1.165) is 12.0 Å². The molecule has 0 aromatic heterocycles. The third-order valence-corrected chi connectivity index (χ3v) is 2.44. The lowest BCUT2D eigenvalue weighted by Crippen LogP contribution is -2.32. The molecule has 4 heteroatoms. The van der Waals surface area contributed by atoms with Crippen molar-refractivity contribution in [1.82, 2.24) is 5.06 Å². The Morgan fingerprint density at radius 3 is 2.50 bits per heavy atom. The maximum Gasteiger partial charge on any atom is 0.320 e. The van der Waals surface area contributed by atoms with E-state index in [-0.39, 0.29) is 12.6 Å². The summed E-state index contributed by atoms with van der Waals surface area (Å²) in [6.45, 7) is 1.88. The van der Waals surface area contributed by atoms with Crippen molar-refractivity contribution in [3.05, 3.63) is 35.9 Å². The SMILES string of the molecule is CCC(c1ccccc1)N(CC(=O)O)OC. The molecule has 1 N–H and O–H groups in total. The fourth-order valence-corrected chi connectivity index (χ4v) is 1.72. The molecule has 1 rings (SSSR count). The second-order valence-corrected chi connectivity index (χ2v) is 3.49. The van der Waals surface area contributed by atoms with Gasteiger partial charge in [-0.25, -0.2) is 0 Å². The molecule has 0 aliphatic rings. The molecule has 0 saturated heterocycles. The van der Waals surface area contributed by atoms with Crippen LogP contribution in [0.2, 0.25) is 0 Å². The van der Waals surface area contributed by atoms with Crippen molar-refractivity contribution in [2.45, 2.75) is 19.4 Å². The number of hydrogen-bond donors (Lipinski definition) is 1. The van der Waals surface area contributed by atoms with Gasteiger partial charge in [-0.15, -0.1) is 0 Å². The Bertz CT molecular complexity index is 326. The van der Waals surface area contributed by atoms with Crippen LogP contribution in [0, 0.1) is 0 Å². The number of carboxylic acids is 1. The number of aliphatic carboxylic acids is 1. The van der Waals surface area contributed by atoms with Crippen molar-refractivity contribution in [3.63, 3.8) is 0 Å². The number of benzene rings is 1. The van der Waals surface area contributed by atoms with E-state index < -0.39 is 5.97 Å². The summed E-state index contributed by atoms with van der Waals surface area (Å²) in [5.41, 5.74) is 1.06. The van der Waals surface area contributed by atoms with Crippen molar-refractivity contribution in [1.29, 1.82) is 0 Å². The van der Waals surface area contributed by atoms with E-state index in [2.05, 4.69) is 0 Å². The quantitative estimate of drug-likeness (QED) is 0.750. The van der Waals surface area contributed by atoms with Gasteiger partial charge in [-0.2, -0.15) is 5.06 Å². The Morgan fingerprint density at radius 2 is 2.06 bits per heavy atom. The molecule has 0 amide bonds. The molecule has 4 nitrogen and oxygen atoms in total. The van der Waals surface area contributed by atoms with Crippen LogP contribution in [0.15, 0.2) is 30.3 Å². The minimum absolute atomic E-state index is 0.0256. The molecule has 1 unspecified atom stereocenters. The molecule has 0 aliphatic carbocycles. The van der Waals surface area contributed by atoms with Crippen LogP contribution in [0.5, 0.6) is 0 Å². The normalized spacial score (nSPS) is 12.7. The van der Waals surface area contributed by atoms with Gasteiger partial charge in [0.25, 0.3) is 0 Å². The van der Waals surface area contributed by atoms with Crippen LogP contribution in [0.4, 0.5) is 0 Å². The standard InChI is InChI=1S/C12H17NO3/c1-3-11(10-7-5-4-6-8-10)13(16-2)9-12(14)15/h4-8,11H,3,9H2,1-2H3,(H,14,15). The maximum atomic E-state index is 10.7. The molecular formula is C12H17NO3. The second-order valence-electron chi connectivity index (χ2n) is 3.49. The fraction of sp³-hybridized carbons (Fsp3) is 0.417. The largest absolute Gasteiger partial charge is 0.480 e. The smallest absolute Gasteiger partial charge is 0.320 e. The van der Waals surface area contributed by atoms with Crippen molar-refractivity contribution in [2.24, 2.45) is 0 Å². The molecule has 0 radical (unpaired) electrons. The first-order valence-corrected chi connectivity index (χ1v) is 5.26. The van der Waals surface area contributed by atoms with Crippen LogP contribution in [0.25, 0.3) is 0 Å². The molecule has 88 valence electrons. The van der Waals surface area contributed by atoms with E-state index in [4.69, 9.17) is 9.94 Å². The Hall–Kier alpha value is -1.39. The first kappa shape index (κ1) is 12.7. The van der Waals surface area contributed by atoms with E-state index in [1.165, 1.54) is 12.2 Å². The number of nitrogens with zero attached hydrogens (tertiary/aromatic N) is 1. The molecule has 0 aliphatic heterocycles. The summed E-state index contributed by atoms with van der Waals surface area (Å²) in [5.74, 6) is -0.892. The molecule has 0 saturated carbocycles. The van der Waals surface area contributed by atoms with Crippen LogP contribution in [-0.2, 0) is 9.63 Å². The zero-order valence-electron chi connectivity index (χ0n) is 9.59. The minimum atomic E-state index is -0.892. The highest BCUT2D eigenvalue weighted by Crippen LogP contribution is 2.23. The van der Waals surface area contributed by atoms with E-state index in [1.54, 1.807) is 0 Å². The monoisotopic (exact) mass is 223 g/mol. The average molecular weight is 223 g/mol. The summed E-state index contributed by atoms with van der Waals surface area (Å²) in [6, 6.07) is 9.73. The highest BCUT2D eigenvalue weighted by atomic mass is 16.7. The van der Waals surface area contributed by atoms with Gasteiger partial charge in [0.05, 0.1) is 13.2 Å².